The number of carbonyl (C=O) groups is 3. The number of nitrogens with one attached hydrogen (secondary N) is 2. The van der Waals surface area contributed by atoms with Crippen molar-refractivity contribution in [2.45, 2.75) is 59.2 Å². The van der Waals surface area contributed by atoms with Crippen LogP contribution >= 0.6 is 11.3 Å². The number of thiophene rings is 1. The maximum atomic E-state index is 13.4. The molecule has 0 aromatic carbocycles. The van der Waals surface area contributed by atoms with Gasteiger partial charge in [0.05, 0.1) is 19.4 Å². The highest BCUT2D eigenvalue weighted by molar-refractivity contribution is 7.09. The van der Waals surface area contributed by atoms with Crippen LogP contribution in [0.15, 0.2) is 23.8 Å². The molecule has 2 aromatic rings. The summed E-state index contributed by atoms with van der Waals surface area (Å²) in [6.45, 7) is 9.57. The molecule has 0 bridgehead atoms. The van der Waals surface area contributed by atoms with E-state index in [0.29, 0.717) is 32.0 Å². The van der Waals surface area contributed by atoms with Crippen LogP contribution < -0.4 is 10.6 Å². The molecule has 0 radical (unpaired) electrons. The van der Waals surface area contributed by atoms with E-state index in [-0.39, 0.29) is 29.7 Å². The lowest BCUT2D eigenvalue weighted by Crippen LogP contribution is -2.64. The monoisotopic (exact) mass is 445 g/mol. The molecule has 3 rings (SSSR count). The largest absolute Gasteiger partial charge is 0.354 e. The fourth-order valence-electron chi connectivity index (χ4n) is 3.76. The highest BCUT2D eigenvalue weighted by Gasteiger charge is 2.48. The third-order valence-electron chi connectivity index (χ3n) is 5.52. The van der Waals surface area contributed by atoms with Gasteiger partial charge in [-0.05, 0) is 37.1 Å². The molecule has 0 saturated carbocycles. The van der Waals surface area contributed by atoms with E-state index < -0.39 is 11.4 Å². The van der Waals surface area contributed by atoms with E-state index in [2.05, 4.69) is 29.5 Å². The second kappa shape index (κ2) is 9.64. The van der Waals surface area contributed by atoms with Crippen molar-refractivity contribution in [1.82, 2.24) is 25.1 Å². The van der Waals surface area contributed by atoms with Crippen LogP contribution in [0.2, 0.25) is 0 Å². The molecule has 0 unspecified atom stereocenters. The van der Waals surface area contributed by atoms with Gasteiger partial charge in [0.15, 0.2) is 5.69 Å². The minimum Gasteiger partial charge on any atom is -0.354 e. The Morgan fingerprint density at radius 3 is 2.74 bits per heavy atom. The van der Waals surface area contributed by atoms with Crippen molar-refractivity contribution in [3.63, 3.8) is 0 Å². The van der Waals surface area contributed by atoms with Gasteiger partial charge >= 0.3 is 0 Å². The SMILES string of the molecule is CCCN1C(=O)c2c(C(=O)NCc3cccs3)ncn2C[C@@]1(C)C(=O)NCCC(C)C. The van der Waals surface area contributed by atoms with Gasteiger partial charge in [-0.15, -0.1) is 11.3 Å². The summed E-state index contributed by atoms with van der Waals surface area (Å²) in [5, 5.41) is 7.76. The number of rotatable bonds is 9. The maximum Gasteiger partial charge on any atom is 0.273 e. The zero-order valence-corrected chi connectivity index (χ0v) is 19.4. The minimum atomic E-state index is -1.04. The van der Waals surface area contributed by atoms with Crippen LogP contribution in [0.3, 0.4) is 0 Å². The molecule has 31 heavy (non-hydrogen) atoms. The lowest BCUT2D eigenvalue weighted by atomic mass is 9.93. The number of aromatic nitrogens is 2. The van der Waals surface area contributed by atoms with Gasteiger partial charge in [0.25, 0.3) is 11.8 Å². The van der Waals surface area contributed by atoms with Crippen molar-refractivity contribution in [3.05, 3.63) is 40.1 Å². The highest BCUT2D eigenvalue weighted by Crippen LogP contribution is 2.29. The Morgan fingerprint density at radius 2 is 2.10 bits per heavy atom. The van der Waals surface area contributed by atoms with Crippen molar-refractivity contribution < 1.29 is 14.4 Å². The van der Waals surface area contributed by atoms with Crippen LogP contribution in [-0.2, 0) is 17.9 Å². The summed E-state index contributed by atoms with van der Waals surface area (Å²) in [4.78, 5) is 46.1. The molecule has 1 aliphatic rings. The first-order chi connectivity index (χ1) is 14.8. The van der Waals surface area contributed by atoms with Crippen molar-refractivity contribution in [2.24, 2.45) is 5.92 Å². The molecule has 2 aromatic heterocycles. The fourth-order valence-corrected chi connectivity index (χ4v) is 4.40. The van der Waals surface area contributed by atoms with Crippen LogP contribution in [-0.4, -0.2) is 50.8 Å². The van der Waals surface area contributed by atoms with Gasteiger partial charge < -0.3 is 20.1 Å². The predicted octanol–water partition coefficient (Wildman–Crippen LogP) is 2.66. The van der Waals surface area contributed by atoms with E-state index in [0.717, 1.165) is 11.3 Å². The second-order valence-electron chi connectivity index (χ2n) is 8.50. The molecule has 0 aliphatic carbocycles. The summed E-state index contributed by atoms with van der Waals surface area (Å²) < 4.78 is 1.64. The predicted molar refractivity (Wildman–Crippen MR) is 120 cm³/mol. The molecule has 9 heteroatoms. The van der Waals surface area contributed by atoms with Gasteiger partial charge in [-0.2, -0.15) is 0 Å². The summed E-state index contributed by atoms with van der Waals surface area (Å²) in [6.07, 6.45) is 3.05. The number of imidazole rings is 1. The molecule has 3 amide bonds. The summed E-state index contributed by atoms with van der Waals surface area (Å²) in [7, 11) is 0. The van der Waals surface area contributed by atoms with Gasteiger partial charge in [-0.25, -0.2) is 4.98 Å². The lowest BCUT2D eigenvalue weighted by molar-refractivity contribution is -0.132. The molecule has 168 valence electrons. The number of nitrogens with zero attached hydrogens (tertiary/aromatic N) is 3. The lowest BCUT2D eigenvalue weighted by Gasteiger charge is -2.43. The van der Waals surface area contributed by atoms with Crippen molar-refractivity contribution >= 4 is 29.1 Å². The number of hydrogen-bond acceptors (Lipinski definition) is 5. The van der Waals surface area contributed by atoms with Gasteiger partial charge in [0.2, 0.25) is 5.91 Å². The Kier molecular flexibility index (Phi) is 7.15. The normalized spacial score (nSPS) is 18.2. The molecule has 8 nitrogen and oxygen atoms in total. The van der Waals surface area contributed by atoms with E-state index in [1.165, 1.54) is 6.33 Å². The number of carbonyl (C=O) groups excluding carboxylic acids is 3. The summed E-state index contributed by atoms with van der Waals surface area (Å²) >= 11 is 1.55. The second-order valence-corrected chi connectivity index (χ2v) is 9.53. The van der Waals surface area contributed by atoms with Gasteiger partial charge in [-0.3, -0.25) is 14.4 Å². The van der Waals surface area contributed by atoms with E-state index in [9.17, 15) is 14.4 Å². The zero-order valence-electron chi connectivity index (χ0n) is 18.6. The third kappa shape index (κ3) is 4.81. The Morgan fingerprint density at radius 1 is 1.32 bits per heavy atom. The van der Waals surface area contributed by atoms with Crippen LogP contribution in [0.1, 0.15) is 66.4 Å². The summed E-state index contributed by atoms with van der Waals surface area (Å²) in [6, 6.07) is 3.86. The quantitative estimate of drug-likeness (QED) is 0.620. The first-order valence-electron chi connectivity index (χ1n) is 10.7. The first-order valence-corrected chi connectivity index (χ1v) is 11.6. The Labute approximate surface area is 187 Å². The Balaban J connectivity index is 1.82. The third-order valence-corrected chi connectivity index (χ3v) is 6.40. The molecule has 0 saturated heterocycles. The molecule has 3 heterocycles. The van der Waals surface area contributed by atoms with Crippen LogP contribution in [0.25, 0.3) is 0 Å². The smallest absolute Gasteiger partial charge is 0.273 e. The summed E-state index contributed by atoms with van der Waals surface area (Å²) in [5.74, 6) is -0.438. The topological polar surface area (TPSA) is 96.3 Å². The van der Waals surface area contributed by atoms with Crippen molar-refractivity contribution in [2.75, 3.05) is 13.1 Å². The molecular formula is C22H31N5O3S. The zero-order chi connectivity index (χ0) is 22.6. The van der Waals surface area contributed by atoms with E-state index >= 15 is 0 Å². The molecule has 1 atom stereocenters. The van der Waals surface area contributed by atoms with Gasteiger partial charge in [-0.1, -0.05) is 26.8 Å². The number of fused-ring (bicyclic) bond motifs is 1. The molecule has 0 spiro atoms. The molecule has 2 N–H and O–H groups in total. The summed E-state index contributed by atoms with van der Waals surface area (Å²) in [5.41, 5.74) is -0.697. The van der Waals surface area contributed by atoms with Crippen LogP contribution in [0, 0.1) is 5.92 Å². The number of amides is 3. The first kappa shape index (κ1) is 23.0. The fraction of sp³-hybridized carbons (Fsp3) is 0.545. The van der Waals surface area contributed by atoms with Gasteiger partial charge in [0, 0.05) is 18.0 Å². The van der Waals surface area contributed by atoms with Crippen molar-refractivity contribution in [1.29, 1.82) is 0 Å². The minimum absolute atomic E-state index is 0.102. The van der Waals surface area contributed by atoms with Crippen LogP contribution in [0.4, 0.5) is 0 Å². The van der Waals surface area contributed by atoms with E-state index in [4.69, 9.17) is 0 Å². The van der Waals surface area contributed by atoms with Crippen molar-refractivity contribution in [3.8, 4) is 0 Å². The maximum absolute atomic E-state index is 13.4. The highest BCUT2D eigenvalue weighted by atomic mass is 32.1. The van der Waals surface area contributed by atoms with Gasteiger partial charge in [0.1, 0.15) is 11.2 Å². The van der Waals surface area contributed by atoms with E-state index in [1.54, 1.807) is 27.7 Å². The van der Waals surface area contributed by atoms with E-state index in [1.807, 2.05) is 24.4 Å². The number of hydrogen-bond donors (Lipinski definition) is 2. The average Bonchev–Trinajstić information content (AvgIpc) is 3.38. The Bertz CT molecular complexity index is 937. The standard InChI is InChI=1S/C22H31N5O3S/c1-5-10-27-20(29)18-17(19(28)24-12-16-7-6-11-31-16)25-14-26(18)13-22(27,4)21(30)23-9-8-15(2)3/h6-7,11,14-15H,5,8-10,12-13H2,1-4H3,(H,23,30)(H,24,28)/t22-/m0/s1. The Hall–Kier alpha value is -2.68. The van der Waals surface area contributed by atoms with Crippen LogP contribution in [0.5, 0.6) is 0 Å². The molecule has 0 fully saturated rings. The molecular weight excluding hydrogens is 414 g/mol. The molecule has 1 aliphatic heterocycles. The average molecular weight is 446 g/mol.